The van der Waals surface area contributed by atoms with E-state index in [-0.39, 0.29) is 18.0 Å². The average molecular weight is 358 g/mol. The van der Waals surface area contributed by atoms with Gasteiger partial charge in [0.05, 0.1) is 4.92 Å². The minimum atomic E-state index is -0.487. The van der Waals surface area contributed by atoms with Crippen LogP contribution in [0.5, 0.6) is 5.75 Å². The van der Waals surface area contributed by atoms with E-state index in [4.69, 9.17) is 11.6 Å². The zero-order chi connectivity index (χ0) is 14.7. The van der Waals surface area contributed by atoms with E-state index in [1.807, 2.05) is 0 Å². The number of anilines is 1. The van der Waals surface area contributed by atoms with E-state index in [2.05, 4.69) is 21.2 Å². The van der Waals surface area contributed by atoms with E-state index >= 15 is 0 Å². The van der Waals surface area contributed by atoms with Gasteiger partial charge in [0.1, 0.15) is 11.4 Å². The number of hydrogen-bond acceptors (Lipinski definition) is 4. The molecule has 0 atom stereocenters. The van der Waals surface area contributed by atoms with Crippen molar-refractivity contribution in [3.8, 4) is 5.75 Å². The minimum Gasteiger partial charge on any atom is -0.508 e. The second-order valence-electron chi connectivity index (χ2n) is 4.05. The summed E-state index contributed by atoms with van der Waals surface area (Å²) in [6.45, 7) is 0.243. The van der Waals surface area contributed by atoms with E-state index in [0.29, 0.717) is 16.3 Å². The predicted octanol–water partition coefficient (Wildman–Crippen LogP) is 4.33. The summed E-state index contributed by atoms with van der Waals surface area (Å²) in [5, 5.41) is 24.0. The van der Waals surface area contributed by atoms with Crippen molar-refractivity contribution in [1.29, 1.82) is 0 Å². The van der Waals surface area contributed by atoms with E-state index in [1.54, 1.807) is 18.2 Å². The Labute approximate surface area is 128 Å². The molecule has 0 saturated carbocycles. The second-order valence-corrected chi connectivity index (χ2v) is 5.40. The Bertz CT molecular complexity index is 664. The van der Waals surface area contributed by atoms with Crippen LogP contribution in [0.3, 0.4) is 0 Å². The molecule has 0 spiro atoms. The molecule has 0 aromatic heterocycles. The number of hydrogen-bond donors (Lipinski definition) is 2. The molecule has 0 heterocycles. The molecule has 2 N–H and O–H groups in total. The van der Waals surface area contributed by atoms with Crippen LogP contribution in [0, 0.1) is 10.1 Å². The topological polar surface area (TPSA) is 75.4 Å². The maximum absolute atomic E-state index is 10.9. The van der Waals surface area contributed by atoms with E-state index in [9.17, 15) is 15.2 Å². The van der Waals surface area contributed by atoms with Crippen molar-refractivity contribution in [3.05, 3.63) is 61.6 Å². The maximum atomic E-state index is 10.9. The van der Waals surface area contributed by atoms with Crippen molar-refractivity contribution >= 4 is 38.9 Å². The largest absolute Gasteiger partial charge is 0.508 e. The minimum absolute atomic E-state index is 0.0658. The predicted molar refractivity (Wildman–Crippen MR) is 81.2 cm³/mol. The normalized spacial score (nSPS) is 10.3. The highest BCUT2D eigenvalue weighted by Crippen LogP contribution is 2.29. The Balaban J connectivity index is 2.24. The molecular formula is C13H10BrClN2O3. The first-order valence-corrected chi connectivity index (χ1v) is 6.79. The van der Waals surface area contributed by atoms with Crippen LogP contribution in [0.25, 0.3) is 0 Å². The van der Waals surface area contributed by atoms with Crippen LogP contribution in [0.15, 0.2) is 40.9 Å². The Hall–Kier alpha value is -1.79. The Morgan fingerprint density at radius 2 is 2.05 bits per heavy atom. The number of rotatable bonds is 4. The van der Waals surface area contributed by atoms with E-state index in [1.165, 1.54) is 18.2 Å². The van der Waals surface area contributed by atoms with Gasteiger partial charge in [-0.3, -0.25) is 10.1 Å². The van der Waals surface area contributed by atoms with E-state index in [0.717, 1.165) is 4.47 Å². The number of nitrogens with zero attached hydrogens (tertiary/aromatic N) is 1. The molecule has 0 unspecified atom stereocenters. The number of phenolic OH excluding ortho intramolecular Hbond substituents is 1. The Kier molecular flexibility index (Phi) is 4.46. The van der Waals surface area contributed by atoms with Gasteiger partial charge >= 0.3 is 0 Å². The van der Waals surface area contributed by atoms with Gasteiger partial charge in [0, 0.05) is 27.7 Å². The first kappa shape index (κ1) is 14.6. The fourth-order valence-electron chi connectivity index (χ4n) is 1.70. The molecule has 0 fully saturated rings. The van der Waals surface area contributed by atoms with Gasteiger partial charge in [-0.05, 0) is 30.3 Å². The monoisotopic (exact) mass is 356 g/mol. The van der Waals surface area contributed by atoms with Crippen LogP contribution < -0.4 is 5.32 Å². The summed E-state index contributed by atoms with van der Waals surface area (Å²) in [5.41, 5.74) is 0.861. The second kappa shape index (κ2) is 6.11. The van der Waals surface area contributed by atoms with Crippen molar-refractivity contribution in [2.75, 3.05) is 5.32 Å². The molecule has 0 aliphatic rings. The molecule has 0 radical (unpaired) electrons. The quantitative estimate of drug-likeness (QED) is 0.631. The number of aromatic hydroxyl groups is 1. The van der Waals surface area contributed by atoms with Crippen LogP contribution in [-0.2, 0) is 6.54 Å². The molecule has 2 aromatic carbocycles. The Morgan fingerprint density at radius 1 is 1.30 bits per heavy atom. The van der Waals surface area contributed by atoms with Gasteiger partial charge in [-0.25, -0.2) is 0 Å². The third-order valence-electron chi connectivity index (χ3n) is 2.67. The highest BCUT2D eigenvalue weighted by molar-refractivity contribution is 9.10. The smallest absolute Gasteiger partial charge is 0.292 e. The Morgan fingerprint density at radius 3 is 2.75 bits per heavy atom. The highest BCUT2D eigenvalue weighted by Gasteiger charge is 2.14. The lowest BCUT2D eigenvalue weighted by molar-refractivity contribution is -0.384. The van der Waals surface area contributed by atoms with Crippen LogP contribution in [0.1, 0.15) is 5.56 Å². The lowest BCUT2D eigenvalue weighted by Crippen LogP contribution is -2.03. The maximum Gasteiger partial charge on any atom is 0.292 e. The SMILES string of the molecule is O=[N+]([O-])c1ccc(Cl)cc1NCc1cc(Br)ccc1O. The fraction of sp³-hybridized carbons (Fsp3) is 0.0769. The van der Waals surface area contributed by atoms with Gasteiger partial charge in [-0.1, -0.05) is 27.5 Å². The van der Waals surface area contributed by atoms with Crippen LogP contribution in [0.4, 0.5) is 11.4 Å². The molecule has 20 heavy (non-hydrogen) atoms. The van der Waals surface area contributed by atoms with Crippen LogP contribution in [0.2, 0.25) is 5.02 Å². The van der Waals surface area contributed by atoms with Crippen molar-refractivity contribution in [2.45, 2.75) is 6.54 Å². The molecule has 2 aromatic rings. The molecule has 104 valence electrons. The first-order chi connectivity index (χ1) is 9.47. The summed E-state index contributed by atoms with van der Waals surface area (Å²) in [4.78, 5) is 10.4. The molecule has 7 heteroatoms. The third-order valence-corrected chi connectivity index (χ3v) is 3.39. The highest BCUT2D eigenvalue weighted by atomic mass is 79.9. The van der Waals surface area contributed by atoms with Gasteiger partial charge in [-0.15, -0.1) is 0 Å². The number of benzene rings is 2. The van der Waals surface area contributed by atoms with Gasteiger partial charge in [0.25, 0.3) is 5.69 Å². The standard InChI is InChI=1S/C13H10BrClN2O3/c14-9-1-4-13(18)8(5-9)7-16-11-6-10(15)2-3-12(11)17(19)20/h1-6,16,18H,7H2. The molecule has 2 rings (SSSR count). The summed E-state index contributed by atoms with van der Waals surface area (Å²) >= 11 is 9.14. The van der Waals surface area contributed by atoms with Crippen molar-refractivity contribution in [3.63, 3.8) is 0 Å². The lowest BCUT2D eigenvalue weighted by Gasteiger charge is -2.09. The number of nitrogens with one attached hydrogen (secondary N) is 1. The number of nitro benzene ring substituents is 1. The number of halogens is 2. The van der Waals surface area contributed by atoms with E-state index < -0.39 is 4.92 Å². The number of nitro groups is 1. The summed E-state index contributed by atoms with van der Waals surface area (Å²) in [6.07, 6.45) is 0. The fourth-order valence-corrected chi connectivity index (χ4v) is 2.28. The molecule has 5 nitrogen and oxygen atoms in total. The molecule has 0 amide bonds. The summed E-state index contributed by atoms with van der Waals surface area (Å²) < 4.78 is 0.813. The molecule has 0 aliphatic heterocycles. The number of phenols is 1. The molecular weight excluding hydrogens is 348 g/mol. The molecule has 0 aliphatic carbocycles. The van der Waals surface area contributed by atoms with Gasteiger partial charge in [0.15, 0.2) is 0 Å². The summed E-state index contributed by atoms with van der Waals surface area (Å²) in [5.74, 6) is 0.116. The lowest BCUT2D eigenvalue weighted by atomic mass is 10.2. The summed E-state index contributed by atoms with van der Waals surface area (Å²) in [7, 11) is 0. The van der Waals surface area contributed by atoms with Gasteiger partial charge in [-0.2, -0.15) is 0 Å². The average Bonchev–Trinajstić information content (AvgIpc) is 2.39. The van der Waals surface area contributed by atoms with Crippen molar-refractivity contribution in [1.82, 2.24) is 0 Å². The van der Waals surface area contributed by atoms with Crippen LogP contribution in [-0.4, -0.2) is 10.0 Å². The van der Waals surface area contributed by atoms with Crippen molar-refractivity contribution < 1.29 is 10.0 Å². The summed E-state index contributed by atoms with van der Waals surface area (Å²) in [6, 6.07) is 9.27. The molecule has 0 saturated heterocycles. The third kappa shape index (κ3) is 3.40. The van der Waals surface area contributed by atoms with Gasteiger partial charge < -0.3 is 10.4 Å². The van der Waals surface area contributed by atoms with Crippen molar-refractivity contribution in [2.24, 2.45) is 0 Å². The van der Waals surface area contributed by atoms with Crippen LogP contribution >= 0.6 is 27.5 Å². The first-order valence-electron chi connectivity index (χ1n) is 5.62. The van der Waals surface area contributed by atoms with Gasteiger partial charge in [0.2, 0.25) is 0 Å². The zero-order valence-corrected chi connectivity index (χ0v) is 12.5. The zero-order valence-electron chi connectivity index (χ0n) is 10.1. The molecule has 0 bridgehead atoms.